The number of aryl methyl sites for hydroxylation is 2. The molecule has 0 spiro atoms. The fraction of sp³-hybridized carbons (Fsp3) is 0.400. The van der Waals surface area contributed by atoms with Crippen LogP contribution in [-0.4, -0.2) is 48.7 Å². The Labute approximate surface area is 165 Å². The molecular weight excluding hydrogens is 378 g/mol. The van der Waals surface area contributed by atoms with E-state index < -0.39 is 14.9 Å². The monoisotopic (exact) mass is 403 g/mol. The van der Waals surface area contributed by atoms with E-state index in [0.717, 1.165) is 16.7 Å². The lowest BCUT2D eigenvalue weighted by molar-refractivity contribution is -0.385. The van der Waals surface area contributed by atoms with Gasteiger partial charge in [-0.25, -0.2) is 8.42 Å². The minimum Gasteiger partial charge on any atom is -0.294 e. The van der Waals surface area contributed by atoms with Gasteiger partial charge < -0.3 is 0 Å². The first-order chi connectivity index (χ1) is 13.2. The van der Waals surface area contributed by atoms with Gasteiger partial charge in [-0.15, -0.1) is 0 Å². The van der Waals surface area contributed by atoms with Gasteiger partial charge in [-0.05, 0) is 49.6 Å². The molecule has 1 saturated heterocycles. The second kappa shape index (κ2) is 7.98. The number of nitrogens with zero attached hydrogens (tertiary/aromatic N) is 3. The topological polar surface area (TPSA) is 83.8 Å². The molecule has 0 aromatic heterocycles. The number of nitro benzene ring substituents is 1. The van der Waals surface area contributed by atoms with Crippen LogP contribution in [0.15, 0.2) is 47.4 Å². The van der Waals surface area contributed by atoms with Crippen LogP contribution in [0.25, 0.3) is 0 Å². The van der Waals surface area contributed by atoms with Crippen molar-refractivity contribution in [2.24, 2.45) is 0 Å². The third-order valence-corrected chi connectivity index (χ3v) is 7.40. The van der Waals surface area contributed by atoms with Crippen LogP contribution in [0.2, 0.25) is 0 Å². The molecule has 2 aromatic rings. The quantitative estimate of drug-likeness (QED) is 0.565. The van der Waals surface area contributed by atoms with Crippen molar-refractivity contribution < 1.29 is 13.3 Å². The largest absolute Gasteiger partial charge is 0.294 e. The first kappa shape index (κ1) is 20.4. The molecule has 1 aliphatic heterocycles. The van der Waals surface area contributed by atoms with Crippen molar-refractivity contribution >= 4 is 15.7 Å². The minimum atomic E-state index is -3.52. The fourth-order valence-electron chi connectivity index (χ4n) is 3.46. The number of benzene rings is 2. The number of nitro groups is 1. The molecule has 0 aliphatic carbocycles. The van der Waals surface area contributed by atoms with Gasteiger partial charge in [0.05, 0.1) is 9.82 Å². The van der Waals surface area contributed by atoms with Crippen molar-refractivity contribution in [2.45, 2.75) is 31.7 Å². The maximum Gasteiger partial charge on any atom is 0.269 e. The molecule has 2 aromatic carbocycles. The number of rotatable bonds is 5. The summed E-state index contributed by atoms with van der Waals surface area (Å²) in [5.41, 5.74) is 2.95. The summed E-state index contributed by atoms with van der Waals surface area (Å²) in [4.78, 5) is 13.1. The van der Waals surface area contributed by atoms with Crippen molar-refractivity contribution in [3.63, 3.8) is 0 Å². The number of hydrogen-bond donors (Lipinski definition) is 0. The zero-order chi connectivity index (χ0) is 20.5. The van der Waals surface area contributed by atoms with E-state index in [9.17, 15) is 18.5 Å². The van der Waals surface area contributed by atoms with E-state index in [2.05, 4.69) is 4.90 Å². The molecule has 0 bridgehead atoms. The lowest BCUT2D eigenvalue weighted by Gasteiger charge is -2.37. The highest BCUT2D eigenvalue weighted by atomic mass is 32.2. The first-order valence-corrected chi connectivity index (χ1v) is 10.7. The number of hydrogen-bond acceptors (Lipinski definition) is 5. The van der Waals surface area contributed by atoms with Crippen LogP contribution in [0.1, 0.15) is 29.7 Å². The van der Waals surface area contributed by atoms with E-state index in [1.165, 1.54) is 10.4 Å². The highest BCUT2D eigenvalue weighted by molar-refractivity contribution is 7.89. The Kier molecular flexibility index (Phi) is 5.83. The van der Waals surface area contributed by atoms with Crippen molar-refractivity contribution in [2.75, 3.05) is 26.2 Å². The van der Waals surface area contributed by atoms with E-state index >= 15 is 0 Å². The molecule has 0 radical (unpaired) electrons. The lowest BCUT2D eigenvalue weighted by Crippen LogP contribution is -2.49. The average Bonchev–Trinajstić information content (AvgIpc) is 2.69. The predicted molar refractivity (Wildman–Crippen MR) is 108 cm³/mol. The number of non-ortho nitro benzene ring substituents is 1. The molecule has 0 unspecified atom stereocenters. The third kappa shape index (κ3) is 4.09. The molecule has 1 fully saturated rings. The fourth-order valence-corrected chi connectivity index (χ4v) is 4.97. The molecule has 0 saturated carbocycles. The molecular formula is C20H25N3O4S. The van der Waals surface area contributed by atoms with Gasteiger partial charge in [-0.3, -0.25) is 15.0 Å². The van der Waals surface area contributed by atoms with E-state index in [1.807, 2.05) is 32.9 Å². The predicted octanol–water partition coefficient (Wildman–Crippen LogP) is 3.28. The Morgan fingerprint density at radius 1 is 1.00 bits per heavy atom. The van der Waals surface area contributed by atoms with Crippen LogP contribution in [0.5, 0.6) is 0 Å². The molecule has 1 heterocycles. The van der Waals surface area contributed by atoms with Crippen LogP contribution in [0, 0.1) is 24.0 Å². The standard InChI is InChI=1S/C20H25N3O4S/c1-15-7-8-20(13-16(15)2)28(26,27)22-11-9-21(10-12-22)17(3)18-5-4-6-19(14-18)23(24)25/h4-8,13-14,17H,9-12H2,1-3H3/t17-/m0/s1. The number of piperazine rings is 1. The van der Waals surface area contributed by atoms with Gasteiger partial charge in [0.15, 0.2) is 0 Å². The molecule has 0 N–H and O–H groups in total. The highest BCUT2D eigenvalue weighted by Crippen LogP contribution is 2.27. The Morgan fingerprint density at radius 2 is 1.68 bits per heavy atom. The zero-order valence-electron chi connectivity index (χ0n) is 16.3. The van der Waals surface area contributed by atoms with E-state index in [1.54, 1.807) is 24.3 Å². The summed E-state index contributed by atoms with van der Waals surface area (Å²) in [6.07, 6.45) is 0. The maximum atomic E-state index is 12.9. The second-order valence-electron chi connectivity index (χ2n) is 7.21. The third-order valence-electron chi connectivity index (χ3n) is 5.50. The Balaban J connectivity index is 1.70. The van der Waals surface area contributed by atoms with Gasteiger partial charge in [0.2, 0.25) is 10.0 Å². The second-order valence-corrected chi connectivity index (χ2v) is 9.15. The van der Waals surface area contributed by atoms with Gasteiger partial charge in [0.25, 0.3) is 5.69 Å². The lowest BCUT2D eigenvalue weighted by atomic mass is 10.1. The molecule has 7 nitrogen and oxygen atoms in total. The minimum absolute atomic E-state index is 0.0219. The van der Waals surface area contributed by atoms with Crippen LogP contribution in [0.4, 0.5) is 5.69 Å². The molecule has 3 rings (SSSR count). The number of sulfonamides is 1. The molecule has 8 heteroatoms. The summed E-state index contributed by atoms with van der Waals surface area (Å²) < 4.78 is 27.4. The molecule has 1 aliphatic rings. The summed E-state index contributed by atoms with van der Waals surface area (Å²) in [6, 6.07) is 11.8. The highest BCUT2D eigenvalue weighted by Gasteiger charge is 2.30. The van der Waals surface area contributed by atoms with Crippen LogP contribution >= 0.6 is 0 Å². The van der Waals surface area contributed by atoms with E-state index in [4.69, 9.17) is 0 Å². The Morgan fingerprint density at radius 3 is 2.29 bits per heavy atom. The SMILES string of the molecule is Cc1ccc(S(=O)(=O)N2CCN([C@@H](C)c3cccc([N+](=O)[O-])c3)CC2)cc1C. The van der Waals surface area contributed by atoms with Gasteiger partial charge >= 0.3 is 0 Å². The molecule has 150 valence electrons. The Hall–Kier alpha value is -2.29. The summed E-state index contributed by atoms with van der Waals surface area (Å²) in [7, 11) is -3.52. The van der Waals surface area contributed by atoms with Crippen molar-refractivity contribution in [1.29, 1.82) is 0 Å². The van der Waals surface area contributed by atoms with E-state index in [0.29, 0.717) is 31.1 Å². The summed E-state index contributed by atoms with van der Waals surface area (Å²) >= 11 is 0. The first-order valence-electron chi connectivity index (χ1n) is 9.26. The molecule has 1 atom stereocenters. The summed E-state index contributed by atoms with van der Waals surface area (Å²) in [5.74, 6) is 0. The smallest absolute Gasteiger partial charge is 0.269 e. The van der Waals surface area contributed by atoms with Gasteiger partial charge in [-0.1, -0.05) is 18.2 Å². The van der Waals surface area contributed by atoms with Crippen LogP contribution in [0.3, 0.4) is 0 Å². The van der Waals surface area contributed by atoms with Crippen LogP contribution in [-0.2, 0) is 10.0 Å². The Bertz CT molecular complexity index is 983. The summed E-state index contributed by atoms with van der Waals surface area (Å²) in [5, 5.41) is 11.0. The molecule has 28 heavy (non-hydrogen) atoms. The van der Waals surface area contributed by atoms with Crippen molar-refractivity contribution in [1.82, 2.24) is 9.21 Å². The van der Waals surface area contributed by atoms with Gasteiger partial charge in [0, 0.05) is 44.4 Å². The maximum absolute atomic E-state index is 12.9. The van der Waals surface area contributed by atoms with Crippen LogP contribution < -0.4 is 0 Å². The van der Waals surface area contributed by atoms with Gasteiger partial charge in [0.1, 0.15) is 0 Å². The van der Waals surface area contributed by atoms with Crippen molar-refractivity contribution in [3.05, 3.63) is 69.3 Å². The van der Waals surface area contributed by atoms with Crippen molar-refractivity contribution in [3.8, 4) is 0 Å². The van der Waals surface area contributed by atoms with E-state index in [-0.39, 0.29) is 11.7 Å². The zero-order valence-corrected chi connectivity index (χ0v) is 17.1. The summed E-state index contributed by atoms with van der Waals surface area (Å²) in [6.45, 7) is 7.81. The molecule has 0 amide bonds. The normalized spacial score (nSPS) is 17.4. The average molecular weight is 404 g/mol. The van der Waals surface area contributed by atoms with Gasteiger partial charge in [-0.2, -0.15) is 4.31 Å².